The number of amides is 1. The molecule has 2 rings (SSSR count). The number of aryl methyl sites for hydroxylation is 1. The van der Waals surface area contributed by atoms with Crippen molar-refractivity contribution in [1.82, 2.24) is 14.7 Å². The van der Waals surface area contributed by atoms with Crippen LogP contribution in [0.4, 0.5) is 5.69 Å². The topological polar surface area (TPSA) is 128 Å². The number of carboxylic acids is 1. The van der Waals surface area contributed by atoms with Gasteiger partial charge < -0.3 is 14.7 Å². The van der Waals surface area contributed by atoms with Gasteiger partial charge in [0.2, 0.25) is 5.91 Å². The number of carbonyl (C=O) groups is 2. The molecule has 1 atom stereocenters. The van der Waals surface area contributed by atoms with E-state index in [9.17, 15) is 19.7 Å². The number of morpholine rings is 1. The van der Waals surface area contributed by atoms with Crippen LogP contribution >= 0.6 is 0 Å². The Hall–Kier alpha value is -2.49. The van der Waals surface area contributed by atoms with Crippen LogP contribution in [0.5, 0.6) is 0 Å². The van der Waals surface area contributed by atoms with Crippen molar-refractivity contribution in [1.29, 1.82) is 0 Å². The summed E-state index contributed by atoms with van der Waals surface area (Å²) >= 11 is 0. The second kappa shape index (κ2) is 6.31. The lowest BCUT2D eigenvalue weighted by Crippen LogP contribution is -2.48. The molecule has 1 fully saturated rings. The van der Waals surface area contributed by atoms with Gasteiger partial charge in [-0.25, -0.2) is 4.79 Å². The highest BCUT2D eigenvalue weighted by atomic mass is 16.6. The van der Waals surface area contributed by atoms with E-state index in [1.165, 1.54) is 15.8 Å². The first-order chi connectivity index (χ1) is 9.97. The number of hydrogen-bond acceptors (Lipinski definition) is 6. The van der Waals surface area contributed by atoms with Crippen molar-refractivity contribution in [3.05, 3.63) is 22.5 Å². The molecule has 2 heterocycles. The molecule has 1 amide bonds. The Bertz CT molecular complexity index is 557. The summed E-state index contributed by atoms with van der Waals surface area (Å²) in [5, 5.41) is 23.1. The maximum atomic E-state index is 12.0. The van der Waals surface area contributed by atoms with Gasteiger partial charge in [-0.1, -0.05) is 0 Å². The van der Waals surface area contributed by atoms with E-state index in [0.717, 1.165) is 6.20 Å². The lowest BCUT2D eigenvalue weighted by molar-refractivity contribution is -0.385. The van der Waals surface area contributed by atoms with E-state index in [1.807, 2.05) is 0 Å². The third-order valence-corrected chi connectivity index (χ3v) is 3.08. The summed E-state index contributed by atoms with van der Waals surface area (Å²) in [6, 6.07) is 0. The summed E-state index contributed by atoms with van der Waals surface area (Å²) < 4.78 is 6.34. The first-order valence-electron chi connectivity index (χ1n) is 6.26. The molecule has 10 heteroatoms. The Morgan fingerprint density at radius 2 is 2.33 bits per heavy atom. The SMILES string of the molecule is O=C(O)C1CN(C(=O)CCn2cc([N+](=O)[O-])cn2)CCO1. The van der Waals surface area contributed by atoms with Gasteiger partial charge in [0.25, 0.3) is 0 Å². The minimum Gasteiger partial charge on any atom is -0.479 e. The zero-order valence-corrected chi connectivity index (χ0v) is 11.0. The van der Waals surface area contributed by atoms with Crippen molar-refractivity contribution in [2.24, 2.45) is 0 Å². The number of aliphatic carboxylic acids is 1. The molecule has 0 radical (unpaired) electrons. The van der Waals surface area contributed by atoms with Crippen LogP contribution in [0.25, 0.3) is 0 Å². The third kappa shape index (κ3) is 3.75. The summed E-state index contributed by atoms with van der Waals surface area (Å²) in [7, 11) is 0. The molecule has 21 heavy (non-hydrogen) atoms. The van der Waals surface area contributed by atoms with Crippen LogP contribution in [-0.4, -0.2) is 62.4 Å². The van der Waals surface area contributed by atoms with Gasteiger partial charge in [-0.05, 0) is 0 Å². The molecule has 0 aliphatic carbocycles. The summed E-state index contributed by atoms with van der Waals surface area (Å²) in [5.41, 5.74) is -0.139. The van der Waals surface area contributed by atoms with Crippen LogP contribution in [-0.2, 0) is 20.9 Å². The van der Waals surface area contributed by atoms with E-state index in [-0.39, 0.29) is 37.7 Å². The van der Waals surface area contributed by atoms with Crippen LogP contribution in [0.2, 0.25) is 0 Å². The molecule has 0 saturated carbocycles. The number of ether oxygens (including phenoxy) is 1. The van der Waals surface area contributed by atoms with Gasteiger partial charge in [0, 0.05) is 19.5 Å². The van der Waals surface area contributed by atoms with E-state index < -0.39 is 17.0 Å². The molecular weight excluding hydrogens is 284 g/mol. The average Bonchev–Trinajstić information content (AvgIpc) is 2.94. The number of hydrogen-bond donors (Lipinski definition) is 1. The Morgan fingerprint density at radius 1 is 1.57 bits per heavy atom. The lowest BCUT2D eigenvalue weighted by atomic mass is 10.2. The molecule has 10 nitrogen and oxygen atoms in total. The van der Waals surface area contributed by atoms with Gasteiger partial charge in [0.1, 0.15) is 12.4 Å². The highest BCUT2D eigenvalue weighted by molar-refractivity contribution is 5.78. The molecule has 1 unspecified atom stereocenters. The Labute approximate surface area is 119 Å². The molecule has 0 aromatic carbocycles. The van der Waals surface area contributed by atoms with Gasteiger partial charge in [-0.15, -0.1) is 0 Å². The Kier molecular flexibility index (Phi) is 4.48. The fourth-order valence-corrected chi connectivity index (χ4v) is 1.96. The predicted octanol–water partition coefficient (Wildman–Crippen LogP) is -0.507. The second-order valence-electron chi connectivity index (χ2n) is 4.51. The average molecular weight is 298 g/mol. The van der Waals surface area contributed by atoms with Crippen LogP contribution in [0.15, 0.2) is 12.4 Å². The van der Waals surface area contributed by atoms with Gasteiger partial charge in [0.05, 0.1) is 18.1 Å². The number of carboxylic acid groups (broad SMARTS) is 1. The molecule has 0 spiro atoms. The molecule has 1 aromatic heterocycles. The Balaban J connectivity index is 1.86. The molecule has 1 saturated heterocycles. The largest absolute Gasteiger partial charge is 0.479 e. The Morgan fingerprint density at radius 3 is 2.95 bits per heavy atom. The molecule has 0 bridgehead atoms. The van der Waals surface area contributed by atoms with Crippen LogP contribution < -0.4 is 0 Å². The van der Waals surface area contributed by atoms with E-state index in [1.54, 1.807) is 0 Å². The number of nitrogens with zero attached hydrogens (tertiary/aromatic N) is 4. The van der Waals surface area contributed by atoms with Gasteiger partial charge in [-0.2, -0.15) is 5.10 Å². The fourth-order valence-electron chi connectivity index (χ4n) is 1.96. The maximum absolute atomic E-state index is 12.0. The van der Waals surface area contributed by atoms with Crippen LogP contribution in [0.1, 0.15) is 6.42 Å². The minimum absolute atomic E-state index is 0.00736. The fraction of sp³-hybridized carbons (Fsp3) is 0.545. The van der Waals surface area contributed by atoms with Crippen molar-refractivity contribution in [2.75, 3.05) is 19.7 Å². The predicted molar refractivity (Wildman–Crippen MR) is 67.5 cm³/mol. The molecule has 1 N–H and O–H groups in total. The molecule has 1 aromatic rings. The highest BCUT2D eigenvalue weighted by Gasteiger charge is 2.28. The summed E-state index contributed by atoms with van der Waals surface area (Å²) in [4.78, 5) is 34.2. The number of carbonyl (C=O) groups excluding carboxylic acids is 1. The van der Waals surface area contributed by atoms with E-state index in [2.05, 4.69) is 5.10 Å². The van der Waals surface area contributed by atoms with E-state index in [0.29, 0.717) is 6.54 Å². The van der Waals surface area contributed by atoms with E-state index in [4.69, 9.17) is 9.84 Å². The maximum Gasteiger partial charge on any atom is 0.334 e. The molecule has 114 valence electrons. The van der Waals surface area contributed by atoms with Crippen molar-refractivity contribution in [3.8, 4) is 0 Å². The van der Waals surface area contributed by atoms with E-state index >= 15 is 0 Å². The monoisotopic (exact) mass is 298 g/mol. The highest BCUT2D eigenvalue weighted by Crippen LogP contribution is 2.10. The minimum atomic E-state index is -1.10. The van der Waals surface area contributed by atoms with Gasteiger partial charge >= 0.3 is 11.7 Å². The molecule has 1 aliphatic heterocycles. The first kappa shape index (κ1) is 14.9. The second-order valence-corrected chi connectivity index (χ2v) is 4.51. The first-order valence-corrected chi connectivity index (χ1v) is 6.26. The van der Waals surface area contributed by atoms with Crippen molar-refractivity contribution < 1.29 is 24.4 Å². The number of nitro groups is 1. The third-order valence-electron chi connectivity index (χ3n) is 3.08. The van der Waals surface area contributed by atoms with Crippen LogP contribution in [0, 0.1) is 10.1 Å². The zero-order valence-electron chi connectivity index (χ0n) is 11.0. The van der Waals surface area contributed by atoms with Gasteiger partial charge in [0.15, 0.2) is 6.10 Å². The quantitative estimate of drug-likeness (QED) is 0.572. The molecular formula is C11H14N4O6. The lowest BCUT2D eigenvalue weighted by Gasteiger charge is -2.30. The normalized spacial score (nSPS) is 18.5. The number of aromatic nitrogens is 2. The smallest absolute Gasteiger partial charge is 0.334 e. The number of rotatable bonds is 5. The summed E-state index contributed by atoms with van der Waals surface area (Å²) in [6.07, 6.45) is 1.44. The zero-order chi connectivity index (χ0) is 15.4. The van der Waals surface area contributed by atoms with Gasteiger partial charge in [-0.3, -0.25) is 19.6 Å². The van der Waals surface area contributed by atoms with Crippen molar-refractivity contribution in [3.63, 3.8) is 0 Å². The molecule has 1 aliphatic rings. The van der Waals surface area contributed by atoms with Crippen LogP contribution in [0.3, 0.4) is 0 Å². The summed E-state index contributed by atoms with van der Waals surface area (Å²) in [6.45, 7) is 0.715. The van der Waals surface area contributed by atoms with Crippen molar-refractivity contribution >= 4 is 17.6 Å². The van der Waals surface area contributed by atoms with Crippen molar-refractivity contribution in [2.45, 2.75) is 19.1 Å². The summed E-state index contributed by atoms with van der Waals surface area (Å²) in [5.74, 6) is -1.34. The standard InChI is InChI=1S/C11H14N4O6/c16-10(13-3-4-21-9(7-13)11(17)18)1-2-14-6-8(5-12-14)15(19)20/h5-6,9H,1-4,7H2,(H,17,18).